The molecule has 0 bridgehead atoms. The van der Waals surface area contributed by atoms with Gasteiger partial charge in [-0.2, -0.15) is 0 Å². The fourth-order valence-corrected chi connectivity index (χ4v) is 2.57. The van der Waals surface area contributed by atoms with Gasteiger partial charge in [-0.15, -0.1) is 0 Å². The maximum atomic E-state index is 12.1. The average Bonchev–Trinajstić information content (AvgIpc) is 3.16. The Morgan fingerprint density at radius 2 is 1.19 bits per heavy atom. The van der Waals surface area contributed by atoms with E-state index in [1.165, 1.54) is 0 Å². The smallest absolute Gasteiger partial charge is 0.341 e. The van der Waals surface area contributed by atoms with Crippen LogP contribution in [0.25, 0.3) is 0 Å². The number of hydrogen-bond donors (Lipinski definition) is 2. The average molecular weight is 370 g/mol. The first-order chi connectivity index (χ1) is 12.3. The fourth-order valence-electron chi connectivity index (χ4n) is 2.57. The van der Waals surface area contributed by atoms with E-state index in [9.17, 15) is 19.8 Å². The van der Waals surface area contributed by atoms with Crippen LogP contribution in [0.2, 0.25) is 0 Å². The molecule has 0 aliphatic carbocycles. The van der Waals surface area contributed by atoms with Crippen molar-refractivity contribution in [3.63, 3.8) is 0 Å². The number of carbonyl (C=O) groups is 2. The molecule has 2 N–H and O–H groups in total. The number of esters is 2. The molecule has 0 aromatic heterocycles. The molecule has 4 atom stereocenters. The minimum Gasteiger partial charge on any atom is -0.420 e. The lowest BCUT2D eigenvalue weighted by atomic mass is 10.2. The fraction of sp³-hybridized carbons (Fsp3) is 0.625. The van der Waals surface area contributed by atoms with Crippen LogP contribution in [0, 0.1) is 0 Å². The lowest BCUT2D eigenvalue weighted by molar-refractivity contribution is -0.195. The molecule has 2 aliphatic heterocycles. The lowest BCUT2D eigenvalue weighted by Gasteiger charge is -2.31. The summed E-state index contributed by atoms with van der Waals surface area (Å²) in [6.45, 7) is 4.90. The Balaban J connectivity index is 1.92. The van der Waals surface area contributed by atoms with Gasteiger partial charge in [-0.05, 0) is 13.8 Å². The van der Waals surface area contributed by atoms with Crippen molar-refractivity contribution in [3.8, 4) is 0 Å². The van der Waals surface area contributed by atoms with Crippen LogP contribution in [0.3, 0.4) is 0 Å². The van der Waals surface area contributed by atoms with Crippen LogP contribution < -0.4 is 0 Å². The summed E-state index contributed by atoms with van der Waals surface area (Å²) in [4.78, 5) is 30.9. The van der Waals surface area contributed by atoms with E-state index >= 15 is 0 Å². The standard InChI is InChI=1S/C16H26N4O6/c1-5-19-9-7-17(3)15(19)25-13(23)11(21)12(22)14(24)26-16-18(4)8-10-20(16)6-2/h7-12,15-16,21-22H,5-6H2,1-4H3. The van der Waals surface area contributed by atoms with Crippen molar-refractivity contribution in [1.82, 2.24) is 19.6 Å². The van der Waals surface area contributed by atoms with Crippen molar-refractivity contribution in [2.75, 3.05) is 27.2 Å². The molecule has 0 aromatic rings. The summed E-state index contributed by atoms with van der Waals surface area (Å²) in [5, 5.41) is 20.0. The maximum Gasteiger partial charge on any atom is 0.341 e. The van der Waals surface area contributed by atoms with Gasteiger partial charge >= 0.3 is 11.9 Å². The second kappa shape index (κ2) is 8.28. The van der Waals surface area contributed by atoms with Crippen molar-refractivity contribution in [2.45, 2.75) is 38.8 Å². The molecule has 10 heteroatoms. The third-order valence-electron chi connectivity index (χ3n) is 4.21. The van der Waals surface area contributed by atoms with Gasteiger partial charge in [-0.25, -0.2) is 9.59 Å². The first-order valence-electron chi connectivity index (χ1n) is 8.39. The number of ether oxygens (including phenoxy) is 2. The van der Waals surface area contributed by atoms with E-state index in [0.29, 0.717) is 13.1 Å². The zero-order valence-electron chi connectivity index (χ0n) is 15.3. The highest BCUT2D eigenvalue weighted by molar-refractivity contribution is 5.85. The van der Waals surface area contributed by atoms with Crippen molar-refractivity contribution < 1.29 is 29.3 Å². The van der Waals surface area contributed by atoms with Crippen LogP contribution in [0.1, 0.15) is 13.8 Å². The number of aliphatic hydroxyl groups excluding tert-OH is 2. The maximum absolute atomic E-state index is 12.1. The number of nitrogens with zero attached hydrogens (tertiary/aromatic N) is 4. The summed E-state index contributed by atoms with van der Waals surface area (Å²) in [6, 6.07) is 0. The van der Waals surface area contributed by atoms with Crippen LogP contribution in [-0.2, 0) is 19.1 Å². The molecular weight excluding hydrogens is 344 g/mol. The van der Waals surface area contributed by atoms with E-state index in [0.717, 1.165) is 0 Å². The number of rotatable bonds is 7. The summed E-state index contributed by atoms with van der Waals surface area (Å²) in [5.74, 6) is -2.22. The summed E-state index contributed by atoms with van der Waals surface area (Å²) in [5.41, 5.74) is 0. The molecule has 0 amide bonds. The van der Waals surface area contributed by atoms with E-state index in [1.54, 1.807) is 58.5 Å². The van der Waals surface area contributed by atoms with Gasteiger partial charge in [-0.1, -0.05) is 0 Å². The summed E-state index contributed by atoms with van der Waals surface area (Å²) < 4.78 is 10.4. The molecule has 0 radical (unpaired) electrons. The molecule has 0 saturated carbocycles. The molecular formula is C16H26N4O6. The highest BCUT2D eigenvalue weighted by Crippen LogP contribution is 2.18. The normalized spacial score (nSPS) is 24.2. The van der Waals surface area contributed by atoms with Gasteiger partial charge in [0, 0.05) is 52.0 Å². The Hall–Kier alpha value is -2.46. The Labute approximate surface area is 152 Å². The third-order valence-corrected chi connectivity index (χ3v) is 4.21. The second-order valence-corrected chi connectivity index (χ2v) is 6.00. The topological polar surface area (TPSA) is 106 Å². The van der Waals surface area contributed by atoms with Crippen LogP contribution in [-0.4, -0.2) is 93.8 Å². The predicted octanol–water partition coefficient (Wildman–Crippen LogP) is -1.16. The van der Waals surface area contributed by atoms with Gasteiger partial charge < -0.3 is 39.3 Å². The van der Waals surface area contributed by atoms with Gasteiger partial charge in [0.15, 0.2) is 12.2 Å². The minimum absolute atomic E-state index is 0.577. The monoisotopic (exact) mass is 370 g/mol. The SMILES string of the molecule is CCN1C=CN(C)C1OC(=O)C(O)C(O)C(=O)OC1N(C)C=CN1CC. The zero-order chi connectivity index (χ0) is 19.4. The summed E-state index contributed by atoms with van der Waals surface area (Å²) >= 11 is 0. The Morgan fingerprint density at radius 1 is 0.846 bits per heavy atom. The minimum atomic E-state index is -2.05. The Morgan fingerprint density at radius 3 is 1.50 bits per heavy atom. The van der Waals surface area contributed by atoms with E-state index in [4.69, 9.17) is 9.47 Å². The second-order valence-electron chi connectivity index (χ2n) is 6.00. The number of carbonyl (C=O) groups excluding carboxylic acids is 2. The Bertz CT molecular complexity index is 533. The van der Waals surface area contributed by atoms with Crippen LogP contribution in [0.15, 0.2) is 24.8 Å². The van der Waals surface area contributed by atoms with E-state index in [1.807, 2.05) is 13.8 Å². The van der Waals surface area contributed by atoms with Crippen molar-refractivity contribution >= 4 is 11.9 Å². The molecule has 26 heavy (non-hydrogen) atoms. The van der Waals surface area contributed by atoms with Crippen LogP contribution in [0.5, 0.6) is 0 Å². The predicted molar refractivity (Wildman–Crippen MR) is 90.3 cm³/mol. The molecule has 2 rings (SSSR count). The molecule has 10 nitrogen and oxygen atoms in total. The van der Waals surface area contributed by atoms with Gasteiger partial charge in [0.2, 0.25) is 0 Å². The lowest BCUT2D eigenvalue weighted by Crippen LogP contribution is -2.49. The summed E-state index contributed by atoms with van der Waals surface area (Å²) in [7, 11) is 3.40. The Kier molecular flexibility index (Phi) is 6.32. The van der Waals surface area contributed by atoms with E-state index < -0.39 is 36.9 Å². The molecule has 2 aliphatic rings. The van der Waals surface area contributed by atoms with Gasteiger partial charge in [0.1, 0.15) is 0 Å². The highest BCUT2D eigenvalue weighted by Gasteiger charge is 2.38. The van der Waals surface area contributed by atoms with Gasteiger partial charge in [0.25, 0.3) is 12.7 Å². The van der Waals surface area contributed by atoms with Gasteiger partial charge in [0.05, 0.1) is 0 Å². The molecule has 0 aromatic carbocycles. The van der Waals surface area contributed by atoms with Crippen LogP contribution in [0.4, 0.5) is 0 Å². The molecule has 0 spiro atoms. The largest absolute Gasteiger partial charge is 0.420 e. The third kappa shape index (κ3) is 4.02. The van der Waals surface area contributed by atoms with Crippen molar-refractivity contribution in [1.29, 1.82) is 0 Å². The molecule has 4 unspecified atom stereocenters. The van der Waals surface area contributed by atoms with Crippen LogP contribution >= 0.6 is 0 Å². The van der Waals surface area contributed by atoms with Gasteiger partial charge in [-0.3, -0.25) is 0 Å². The molecule has 0 saturated heterocycles. The van der Waals surface area contributed by atoms with E-state index in [2.05, 4.69) is 0 Å². The molecule has 2 heterocycles. The quantitative estimate of drug-likeness (QED) is 0.533. The van der Waals surface area contributed by atoms with Crippen molar-refractivity contribution in [3.05, 3.63) is 24.8 Å². The summed E-state index contributed by atoms with van der Waals surface area (Å²) in [6.07, 6.45) is 1.29. The number of aliphatic hydroxyl groups is 2. The zero-order valence-corrected chi connectivity index (χ0v) is 15.3. The molecule has 146 valence electrons. The van der Waals surface area contributed by atoms with Crippen molar-refractivity contribution in [2.24, 2.45) is 0 Å². The first-order valence-corrected chi connectivity index (χ1v) is 8.39. The highest BCUT2D eigenvalue weighted by atomic mass is 16.6. The van der Waals surface area contributed by atoms with E-state index in [-0.39, 0.29) is 0 Å². The first kappa shape index (κ1) is 19.9. The molecule has 0 fully saturated rings. The number of hydrogen-bond acceptors (Lipinski definition) is 10.